The fourth-order valence-electron chi connectivity index (χ4n) is 1.85. The molecule has 1 aromatic heterocycles. The van der Waals surface area contributed by atoms with Crippen LogP contribution in [0.5, 0.6) is 0 Å². The number of hydrogen-bond donors (Lipinski definition) is 1. The van der Waals surface area contributed by atoms with Crippen LogP contribution in [0.2, 0.25) is 5.02 Å². The molecule has 0 aromatic carbocycles. The van der Waals surface area contributed by atoms with Gasteiger partial charge in [0.25, 0.3) is 0 Å². The Morgan fingerprint density at radius 2 is 2.35 bits per heavy atom. The number of rotatable bonds is 6. The van der Waals surface area contributed by atoms with Gasteiger partial charge in [0.15, 0.2) is 0 Å². The molecular formula is C12H19ClN4. The number of aryl methyl sites for hydroxylation is 1. The average molecular weight is 255 g/mol. The van der Waals surface area contributed by atoms with E-state index in [9.17, 15) is 5.26 Å². The molecule has 1 atom stereocenters. The molecule has 0 saturated carbocycles. The molecule has 0 aliphatic heterocycles. The highest BCUT2D eigenvalue weighted by molar-refractivity contribution is 6.31. The van der Waals surface area contributed by atoms with Gasteiger partial charge in [0.1, 0.15) is 5.54 Å². The van der Waals surface area contributed by atoms with E-state index in [2.05, 4.69) is 16.5 Å². The SMILES string of the molecule is CCC(C#N)(CCCn1ncc(Cl)c1C)NC. The Labute approximate surface area is 108 Å². The van der Waals surface area contributed by atoms with Crippen LogP contribution in [0.15, 0.2) is 6.20 Å². The Morgan fingerprint density at radius 3 is 2.76 bits per heavy atom. The molecule has 0 aliphatic carbocycles. The summed E-state index contributed by atoms with van der Waals surface area (Å²) in [6, 6.07) is 2.35. The van der Waals surface area contributed by atoms with E-state index < -0.39 is 5.54 Å². The number of halogens is 1. The van der Waals surface area contributed by atoms with Crippen molar-refractivity contribution < 1.29 is 0 Å². The first kappa shape index (κ1) is 14.0. The van der Waals surface area contributed by atoms with E-state index in [4.69, 9.17) is 11.6 Å². The standard InChI is InChI=1S/C12H19ClN4/c1-4-12(9-14,15-3)6-5-7-17-10(2)11(13)8-16-17/h8,15H,4-7H2,1-3H3. The topological polar surface area (TPSA) is 53.6 Å². The Morgan fingerprint density at radius 1 is 1.65 bits per heavy atom. The van der Waals surface area contributed by atoms with Crippen LogP contribution in [0.1, 0.15) is 31.9 Å². The van der Waals surface area contributed by atoms with Crippen LogP contribution in [0.4, 0.5) is 0 Å². The van der Waals surface area contributed by atoms with Crippen molar-refractivity contribution in [3.63, 3.8) is 0 Å². The summed E-state index contributed by atoms with van der Waals surface area (Å²) in [5, 5.41) is 17.2. The summed E-state index contributed by atoms with van der Waals surface area (Å²) in [5.41, 5.74) is 0.570. The first-order chi connectivity index (χ1) is 8.08. The molecular weight excluding hydrogens is 236 g/mol. The summed E-state index contributed by atoms with van der Waals surface area (Å²) in [7, 11) is 1.84. The first-order valence-electron chi connectivity index (χ1n) is 5.86. The minimum absolute atomic E-state index is 0.412. The number of hydrogen-bond acceptors (Lipinski definition) is 3. The van der Waals surface area contributed by atoms with E-state index in [1.807, 2.05) is 25.6 Å². The van der Waals surface area contributed by atoms with Crippen molar-refractivity contribution in [2.24, 2.45) is 0 Å². The van der Waals surface area contributed by atoms with E-state index in [1.54, 1.807) is 6.20 Å². The smallest absolute Gasteiger partial charge is 0.106 e. The number of nitrogens with zero attached hydrogens (tertiary/aromatic N) is 3. The predicted octanol–water partition coefficient (Wildman–Crippen LogP) is 2.52. The second-order valence-corrected chi connectivity index (χ2v) is 4.61. The van der Waals surface area contributed by atoms with Crippen LogP contribution >= 0.6 is 11.6 Å². The van der Waals surface area contributed by atoms with Gasteiger partial charge in [-0.25, -0.2) is 0 Å². The molecule has 1 heterocycles. The quantitative estimate of drug-likeness (QED) is 0.849. The minimum Gasteiger partial charge on any atom is -0.302 e. The molecule has 1 aromatic rings. The lowest BCUT2D eigenvalue weighted by molar-refractivity contribution is 0.374. The van der Waals surface area contributed by atoms with Gasteiger partial charge in [0.05, 0.1) is 23.0 Å². The van der Waals surface area contributed by atoms with Crippen LogP contribution in [0.3, 0.4) is 0 Å². The zero-order valence-electron chi connectivity index (χ0n) is 10.6. The third kappa shape index (κ3) is 3.21. The van der Waals surface area contributed by atoms with E-state index in [-0.39, 0.29) is 0 Å². The summed E-state index contributed by atoms with van der Waals surface area (Å²) in [5.74, 6) is 0. The van der Waals surface area contributed by atoms with Crippen LogP contribution in [-0.4, -0.2) is 22.4 Å². The third-order valence-corrected chi connectivity index (χ3v) is 3.68. The summed E-state index contributed by atoms with van der Waals surface area (Å²) in [6.07, 6.45) is 4.18. The monoisotopic (exact) mass is 254 g/mol. The molecule has 0 spiro atoms. The van der Waals surface area contributed by atoms with Crippen LogP contribution in [0.25, 0.3) is 0 Å². The Bertz CT molecular complexity index is 401. The highest BCUT2D eigenvalue weighted by Gasteiger charge is 2.24. The summed E-state index contributed by atoms with van der Waals surface area (Å²) in [4.78, 5) is 0. The Hall–Kier alpha value is -1.05. The summed E-state index contributed by atoms with van der Waals surface area (Å²) in [6.45, 7) is 4.77. The van der Waals surface area contributed by atoms with Gasteiger partial charge in [-0.1, -0.05) is 18.5 Å². The van der Waals surface area contributed by atoms with Gasteiger partial charge in [-0.05, 0) is 33.2 Å². The summed E-state index contributed by atoms with van der Waals surface area (Å²) >= 11 is 5.93. The van der Waals surface area contributed by atoms with Gasteiger partial charge < -0.3 is 5.32 Å². The normalized spacial score (nSPS) is 14.3. The van der Waals surface area contributed by atoms with Crippen LogP contribution in [-0.2, 0) is 6.54 Å². The lowest BCUT2D eigenvalue weighted by Gasteiger charge is -2.24. The van der Waals surface area contributed by atoms with E-state index in [1.165, 1.54) is 0 Å². The van der Waals surface area contributed by atoms with Crippen molar-refractivity contribution >= 4 is 11.6 Å². The van der Waals surface area contributed by atoms with Crippen molar-refractivity contribution in [1.82, 2.24) is 15.1 Å². The van der Waals surface area contributed by atoms with E-state index in [0.717, 1.165) is 31.5 Å². The van der Waals surface area contributed by atoms with Crippen molar-refractivity contribution in [2.75, 3.05) is 7.05 Å². The number of nitrogens with one attached hydrogen (secondary N) is 1. The zero-order valence-corrected chi connectivity index (χ0v) is 11.4. The molecule has 1 rings (SSSR count). The maximum Gasteiger partial charge on any atom is 0.106 e. The first-order valence-corrected chi connectivity index (χ1v) is 6.24. The fraction of sp³-hybridized carbons (Fsp3) is 0.667. The van der Waals surface area contributed by atoms with Gasteiger partial charge in [-0.3, -0.25) is 4.68 Å². The van der Waals surface area contributed by atoms with Gasteiger partial charge in [0, 0.05) is 6.54 Å². The molecule has 0 bridgehead atoms. The second-order valence-electron chi connectivity index (χ2n) is 4.20. The maximum absolute atomic E-state index is 9.18. The molecule has 5 heteroatoms. The molecule has 1 unspecified atom stereocenters. The van der Waals surface area contributed by atoms with Crippen molar-refractivity contribution in [3.8, 4) is 6.07 Å². The summed E-state index contributed by atoms with van der Waals surface area (Å²) < 4.78 is 1.88. The molecule has 4 nitrogen and oxygen atoms in total. The van der Waals surface area contributed by atoms with Crippen molar-refractivity contribution in [2.45, 2.75) is 45.2 Å². The average Bonchev–Trinajstić information content (AvgIpc) is 2.67. The van der Waals surface area contributed by atoms with E-state index >= 15 is 0 Å². The maximum atomic E-state index is 9.18. The second kappa shape index (κ2) is 6.04. The Kier molecular flexibility index (Phi) is 4.98. The number of aromatic nitrogens is 2. The molecule has 0 fully saturated rings. The zero-order chi connectivity index (χ0) is 12.9. The molecule has 0 amide bonds. The largest absolute Gasteiger partial charge is 0.302 e. The minimum atomic E-state index is -0.412. The Balaban J connectivity index is 2.53. The van der Waals surface area contributed by atoms with E-state index in [0.29, 0.717) is 5.02 Å². The lowest BCUT2D eigenvalue weighted by Crippen LogP contribution is -2.40. The fourth-order valence-corrected chi connectivity index (χ4v) is 1.99. The van der Waals surface area contributed by atoms with Crippen molar-refractivity contribution in [3.05, 3.63) is 16.9 Å². The van der Waals surface area contributed by atoms with Gasteiger partial charge >= 0.3 is 0 Å². The van der Waals surface area contributed by atoms with Gasteiger partial charge in [0.2, 0.25) is 0 Å². The van der Waals surface area contributed by atoms with Crippen LogP contribution in [0, 0.1) is 18.3 Å². The molecule has 0 saturated heterocycles. The van der Waals surface area contributed by atoms with Gasteiger partial charge in [-0.15, -0.1) is 0 Å². The van der Waals surface area contributed by atoms with Crippen LogP contribution < -0.4 is 5.32 Å². The molecule has 17 heavy (non-hydrogen) atoms. The molecule has 0 aliphatic rings. The third-order valence-electron chi connectivity index (χ3n) is 3.31. The highest BCUT2D eigenvalue weighted by atomic mass is 35.5. The molecule has 94 valence electrons. The van der Waals surface area contributed by atoms with Gasteiger partial charge in [-0.2, -0.15) is 10.4 Å². The van der Waals surface area contributed by atoms with Crippen molar-refractivity contribution in [1.29, 1.82) is 5.26 Å². The highest BCUT2D eigenvalue weighted by Crippen LogP contribution is 2.18. The predicted molar refractivity (Wildman–Crippen MR) is 68.9 cm³/mol. The number of nitriles is 1. The molecule has 1 N–H and O–H groups in total. The molecule has 0 radical (unpaired) electrons. The lowest BCUT2D eigenvalue weighted by atomic mass is 9.92.